The van der Waals surface area contributed by atoms with Crippen molar-refractivity contribution in [1.82, 2.24) is 5.32 Å². The average Bonchev–Trinajstić information content (AvgIpc) is 2.36. The van der Waals surface area contributed by atoms with Gasteiger partial charge < -0.3 is 15.2 Å². The first kappa shape index (κ1) is 14.9. The molecule has 0 radical (unpaired) electrons. The summed E-state index contributed by atoms with van der Waals surface area (Å²) in [5.41, 5.74) is 0. The molecule has 3 nitrogen and oxygen atoms in total. The largest absolute Gasteiger partial charge is 0.490 e. The second-order valence-electron chi connectivity index (χ2n) is 4.05. The minimum absolute atomic E-state index is 0.00919. The molecule has 0 bridgehead atoms. The van der Waals surface area contributed by atoms with Crippen LogP contribution in [0.25, 0.3) is 0 Å². The van der Waals surface area contributed by atoms with E-state index in [1.54, 1.807) is 0 Å². The summed E-state index contributed by atoms with van der Waals surface area (Å²) < 4.78 is 31.1. The zero-order valence-electron chi connectivity index (χ0n) is 10.5. The van der Waals surface area contributed by atoms with Crippen molar-refractivity contribution in [2.45, 2.75) is 25.8 Å². The molecule has 0 aliphatic heterocycles. The molecule has 0 saturated heterocycles. The first-order valence-electron chi connectivity index (χ1n) is 6.09. The number of rotatable bonds is 8. The molecule has 102 valence electrons. The molecule has 0 spiro atoms. The summed E-state index contributed by atoms with van der Waals surface area (Å²) in [5, 5.41) is 12.2. The van der Waals surface area contributed by atoms with Crippen LogP contribution in [0.4, 0.5) is 8.78 Å². The molecule has 1 aromatic carbocycles. The summed E-state index contributed by atoms with van der Waals surface area (Å²) >= 11 is 0. The van der Waals surface area contributed by atoms with E-state index in [1.807, 2.05) is 6.92 Å². The fourth-order valence-electron chi connectivity index (χ4n) is 1.51. The van der Waals surface area contributed by atoms with E-state index < -0.39 is 11.6 Å². The van der Waals surface area contributed by atoms with Crippen molar-refractivity contribution in [2.75, 3.05) is 19.8 Å². The third-order valence-corrected chi connectivity index (χ3v) is 2.52. The van der Waals surface area contributed by atoms with Crippen molar-refractivity contribution in [1.29, 1.82) is 0 Å². The van der Waals surface area contributed by atoms with Gasteiger partial charge in [-0.2, -0.15) is 0 Å². The summed E-state index contributed by atoms with van der Waals surface area (Å²) in [5.74, 6) is -1.31. The first-order valence-corrected chi connectivity index (χ1v) is 6.09. The Hall–Kier alpha value is -1.20. The lowest BCUT2D eigenvalue weighted by atomic mass is 10.2. The maximum absolute atomic E-state index is 13.2. The summed E-state index contributed by atoms with van der Waals surface area (Å²) in [6.07, 6.45) is 1.54. The van der Waals surface area contributed by atoms with Gasteiger partial charge in [-0.05, 0) is 31.5 Å². The van der Waals surface area contributed by atoms with Crippen LogP contribution in [-0.2, 0) is 0 Å². The predicted octanol–water partition coefficient (Wildman–Crippen LogP) is 2.09. The minimum Gasteiger partial charge on any atom is -0.490 e. The minimum atomic E-state index is -0.711. The van der Waals surface area contributed by atoms with Crippen molar-refractivity contribution in [3.05, 3.63) is 29.8 Å². The third kappa shape index (κ3) is 4.98. The van der Waals surface area contributed by atoms with Gasteiger partial charge in [0.25, 0.3) is 0 Å². The predicted molar refractivity (Wildman–Crippen MR) is 65.6 cm³/mol. The number of ether oxygens (including phenoxy) is 1. The van der Waals surface area contributed by atoms with Crippen LogP contribution in [0.5, 0.6) is 5.75 Å². The van der Waals surface area contributed by atoms with Gasteiger partial charge >= 0.3 is 0 Å². The zero-order chi connectivity index (χ0) is 13.4. The Morgan fingerprint density at radius 3 is 2.78 bits per heavy atom. The number of nitrogens with one attached hydrogen (secondary N) is 1. The first-order chi connectivity index (χ1) is 8.67. The second-order valence-corrected chi connectivity index (χ2v) is 4.05. The Morgan fingerprint density at radius 2 is 2.17 bits per heavy atom. The normalized spacial score (nSPS) is 12.4. The molecular formula is C13H19F2NO2. The van der Waals surface area contributed by atoms with Gasteiger partial charge in [0.1, 0.15) is 5.82 Å². The molecular weight excluding hydrogens is 240 g/mol. The van der Waals surface area contributed by atoms with Gasteiger partial charge in [0.2, 0.25) is 0 Å². The van der Waals surface area contributed by atoms with Crippen LogP contribution >= 0.6 is 0 Å². The van der Waals surface area contributed by atoms with Crippen LogP contribution < -0.4 is 10.1 Å². The van der Waals surface area contributed by atoms with Crippen LogP contribution in [0, 0.1) is 11.6 Å². The maximum Gasteiger partial charge on any atom is 0.167 e. The lowest BCUT2D eigenvalue weighted by Crippen LogP contribution is -2.34. The Morgan fingerprint density at radius 1 is 1.39 bits per heavy atom. The molecule has 0 saturated carbocycles. The molecule has 0 fully saturated rings. The molecule has 1 unspecified atom stereocenters. The van der Waals surface area contributed by atoms with Gasteiger partial charge in [0, 0.05) is 12.1 Å². The smallest absolute Gasteiger partial charge is 0.167 e. The lowest BCUT2D eigenvalue weighted by molar-refractivity contribution is 0.206. The van der Waals surface area contributed by atoms with Gasteiger partial charge in [-0.15, -0.1) is 0 Å². The highest BCUT2D eigenvalue weighted by molar-refractivity contribution is 5.24. The number of halogens is 2. The Kier molecular flexibility index (Phi) is 6.60. The Labute approximate surface area is 106 Å². The standard InChI is InChI=1S/C13H19F2NO2/c1-2-6-16-11(9-17)5-7-18-13-4-3-10(14)8-12(13)15/h3-4,8,11,16-17H,2,5-7,9H2,1H3. The van der Waals surface area contributed by atoms with Crippen LogP contribution in [0.1, 0.15) is 19.8 Å². The number of aliphatic hydroxyl groups is 1. The van der Waals surface area contributed by atoms with Crippen LogP contribution in [0.3, 0.4) is 0 Å². The zero-order valence-corrected chi connectivity index (χ0v) is 10.5. The SMILES string of the molecule is CCCNC(CO)CCOc1ccc(F)cc1F. The lowest BCUT2D eigenvalue weighted by Gasteiger charge is -2.16. The molecule has 1 rings (SSSR count). The monoisotopic (exact) mass is 259 g/mol. The highest BCUT2D eigenvalue weighted by atomic mass is 19.1. The third-order valence-electron chi connectivity index (χ3n) is 2.52. The van der Waals surface area contributed by atoms with Gasteiger partial charge in [-0.1, -0.05) is 6.92 Å². The van der Waals surface area contributed by atoms with Crippen LogP contribution in [0.15, 0.2) is 18.2 Å². The summed E-state index contributed by atoms with van der Waals surface area (Å²) in [6.45, 7) is 3.13. The fourth-order valence-corrected chi connectivity index (χ4v) is 1.51. The topological polar surface area (TPSA) is 41.5 Å². The number of aliphatic hydroxyl groups excluding tert-OH is 1. The average molecular weight is 259 g/mol. The summed E-state index contributed by atoms with van der Waals surface area (Å²) in [6, 6.07) is 3.14. The summed E-state index contributed by atoms with van der Waals surface area (Å²) in [4.78, 5) is 0. The van der Waals surface area contributed by atoms with E-state index in [4.69, 9.17) is 9.84 Å². The number of hydrogen-bond acceptors (Lipinski definition) is 3. The van der Waals surface area contributed by atoms with E-state index in [0.717, 1.165) is 25.1 Å². The molecule has 0 heterocycles. The van der Waals surface area contributed by atoms with E-state index >= 15 is 0 Å². The number of benzene rings is 1. The van der Waals surface area contributed by atoms with E-state index in [-0.39, 0.29) is 25.0 Å². The van der Waals surface area contributed by atoms with E-state index in [1.165, 1.54) is 6.07 Å². The highest BCUT2D eigenvalue weighted by Gasteiger charge is 2.08. The molecule has 1 aromatic rings. The van der Waals surface area contributed by atoms with E-state index in [0.29, 0.717) is 6.42 Å². The van der Waals surface area contributed by atoms with E-state index in [2.05, 4.69) is 5.32 Å². The van der Waals surface area contributed by atoms with Gasteiger partial charge in [0.15, 0.2) is 11.6 Å². The Bertz CT molecular complexity index is 361. The molecule has 18 heavy (non-hydrogen) atoms. The molecule has 2 N–H and O–H groups in total. The van der Waals surface area contributed by atoms with Gasteiger partial charge in [0.05, 0.1) is 13.2 Å². The van der Waals surface area contributed by atoms with Gasteiger partial charge in [-0.3, -0.25) is 0 Å². The number of hydrogen-bond donors (Lipinski definition) is 2. The second kappa shape index (κ2) is 8.00. The maximum atomic E-state index is 13.2. The molecule has 0 amide bonds. The molecule has 0 aliphatic rings. The van der Waals surface area contributed by atoms with Crippen molar-refractivity contribution in [3.8, 4) is 5.75 Å². The fraction of sp³-hybridized carbons (Fsp3) is 0.538. The van der Waals surface area contributed by atoms with Crippen molar-refractivity contribution in [2.24, 2.45) is 0 Å². The van der Waals surface area contributed by atoms with Crippen LogP contribution in [-0.4, -0.2) is 30.9 Å². The van der Waals surface area contributed by atoms with Crippen molar-refractivity contribution in [3.63, 3.8) is 0 Å². The van der Waals surface area contributed by atoms with Crippen LogP contribution in [0.2, 0.25) is 0 Å². The quantitative estimate of drug-likeness (QED) is 0.751. The van der Waals surface area contributed by atoms with Gasteiger partial charge in [-0.25, -0.2) is 8.78 Å². The van der Waals surface area contributed by atoms with E-state index in [9.17, 15) is 8.78 Å². The summed E-state index contributed by atoms with van der Waals surface area (Å²) in [7, 11) is 0. The Balaban J connectivity index is 2.35. The molecule has 5 heteroatoms. The van der Waals surface area contributed by atoms with Crippen molar-refractivity contribution < 1.29 is 18.6 Å². The highest BCUT2D eigenvalue weighted by Crippen LogP contribution is 2.17. The molecule has 1 atom stereocenters. The molecule has 0 aromatic heterocycles. The van der Waals surface area contributed by atoms with Crippen molar-refractivity contribution >= 4 is 0 Å². The molecule has 0 aliphatic carbocycles.